The van der Waals surface area contributed by atoms with Gasteiger partial charge in [-0.05, 0) is 24.1 Å². The van der Waals surface area contributed by atoms with E-state index in [-0.39, 0.29) is 5.95 Å². The Balaban J connectivity index is 0.000000293. The van der Waals surface area contributed by atoms with Crippen LogP contribution in [0.2, 0.25) is 0 Å². The summed E-state index contributed by atoms with van der Waals surface area (Å²) in [5, 5.41) is 39.2. The van der Waals surface area contributed by atoms with E-state index in [0.29, 0.717) is 29.6 Å². The van der Waals surface area contributed by atoms with Crippen LogP contribution < -0.4 is 31.0 Å². The van der Waals surface area contributed by atoms with E-state index in [0.717, 1.165) is 27.7 Å². The first-order chi connectivity index (χ1) is 18.6. The molecule has 1 aliphatic heterocycles. The second kappa shape index (κ2) is 12.2. The molecule has 2 heterocycles. The molecule has 0 amide bonds. The highest BCUT2D eigenvalue weighted by Crippen LogP contribution is 2.40. The van der Waals surface area contributed by atoms with Crippen LogP contribution in [0, 0.1) is 6.92 Å². The number of esters is 1. The Hall–Kier alpha value is -4.69. The van der Waals surface area contributed by atoms with Gasteiger partial charge in [-0.1, -0.05) is 6.07 Å². The Morgan fingerprint density at radius 3 is 2.23 bits per heavy atom. The Bertz CT molecular complexity index is 1370. The largest absolute Gasteiger partial charge is 0.505 e. The number of rotatable bonds is 8. The van der Waals surface area contributed by atoms with Crippen LogP contribution in [0.5, 0.6) is 17.2 Å². The number of anilines is 3. The van der Waals surface area contributed by atoms with Gasteiger partial charge in [-0.3, -0.25) is 0 Å². The van der Waals surface area contributed by atoms with Crippen molar-refractivity contribution in [1.29, 1.82) is 0 Å². The summed E-state index contributed by atoms with van der Waals surface area (Å²) < 4.78 is 20.4. The summed E-state index contributed by atoms with van der Waals surface area (Å²) in [5.74, 6) is -0.508. The number of hydrogen-bond acceptors (Lipinski definition) is 14. The molecule has 1 unspecified atom stereocenters. The minimum Gasteiger partial charge on any atom is -0.505 e. The second-order valence-corrected chi connectivity index (χ2v) is 8.29. The zero-order chi connectivity index (χ0) is 28.9. The van der Waals surface area contributed by atoms with Gasteiger partial charge < -0.3 is 56.2 Å². The molecule has 0 saturated heterocycles. The van der Waals surface area contributed by atoms with E-state index in [1.807, 2.05) is 31.2 Å². The number of aromatic nitrogens is 2. The molecule has 14 nitrogen and oxygen atoms in total. The lowest BCUT2D eigenvalue weighted by Gasteiger charge is -2.16. The van der Waals surface area contributed by atoms with Crippen molar-refractivity contribution in [1.82, 2.24) is 9.97 Å². The molecular formula is C25H31N5O9. The number of aliphatic hydroxyl groups excluding tert-OH is 4. The van der Waals surface area contributed by atoms with Gasteiger partial charge in [0.05, 0.1) is 33.5 Å². The van der Waals surface area contributed by atoms with Gasteiger partial charge >= 0.3 is 5.97 Å². The molecule has 0 bridgehead atoms. The minimum atomic E-state index is -1.42. The number of aryl methyl sites for hydroxylation is 1. The Labute approximate surface area is 223 Å². The molecule has 2 atom stereocenters. The molecule has 4 rings (SSSR count). The maximum absolute atomic E-state index is 10.5. The number of carbonyl (C=O) groups excluding carboxylic acids is 1. The van der Waals surface area contributed by atoms with Crippen molar-refractivity contribution >= 4 is 34.3 Å². The number of fused-ring (bicyclic) bond motifs is 1. The van der Waals surface area contributed by atoms with Gasteiger partial charge in [0.1, 0.15) is 11.9 Å². The van der Waals surface area contributed by atoms with Crippen molar-refractivity contribution in [2.24, 2.45) is 0 Å². The van der Waals surface area contributed by atoms with Crippen LogP contribution >= 0.6 is 0 Å². The monoisotopic (exact) mass is 545 g/mol. The zero-order valence-electron chi connectivity index (χ0n) is 21.8. The SMILES string of the molecule is COc1cc(NCc2ccc3nc(N)nc(N)c3c2C)cc(OC)c1OC.O=C1OC([C@H](O)CO)C(O)=C1O. The van der Waals surface area contributed by atoms with E-state index in [4.69, 9.17) is 46.1 Å². The molecule has 39 heavy (non-hydrogen) atoms. The number of nitrogens with zero attached hydrogens (tertiary/aromatic N) is 2. The van der Waals surface area contributed by atoms with Crippen molar-refractivity contribution in [2.45, 2.75) is 25.7 Å². The summed E-state index contributed by atoms with van der Waals surface area (Å²) >= 11 is 0. The van der Waals surface area contributed by atoms with Crippen LogP contribution in [0.1, 0.15) is 11.1 Å². The highest BCUT2D eigenvalue weighted by molar-refractivity contribution is 5.92. The molecular weight excluding hydrogens is 514 g/mol. The third-order valence-corrected chi connectivity index (χ3v) is 5.91. The Morgan fingerprint density at radius 2 is 1.72 bits per heavy atom. The van der Waals surface area contributed by atoms with Gasteiger partial charge in [-0.25, -0.2) is 9.78 Å². The van der Waals surface area contributed by atoms with Crippen LogP contribution in [0.3, 0.4) is 0 Å². The fourth-order valence-electron chi connectivity index (χ4n) is 3.88. The maximum Gasteiger partial charge on any atom is 0.377 e. The third-order valence-electron chi connectivity index (χ3n) is 5.91. The molecule has 3 aromatic rings. The molecule has 0 spiro atoms. The topological polar surface area (TPSA) is 225 Å². The number of nitrogen functional groups attached to an aromatic ring is 2. The van der Waals surface area contributed by atoms with Crippen LogP contribution in [-0.2, 0) is 16.1 Å². The normalized spacial score (nSPS) is 15.3. The smallest absolute Gasteiger partial charge is 0.377 e. The van der Waals surface area contributed by atoms with E-state index in [1.165, 1.54) is 0 Å². The number of benzene rings is 2. The lowest BCUT2D eigenvalue weighted by molar-refractivity contribution is -0.147. The number of hydrogen-bond donors (Lipinski definition) is 7. The lowest BCUT2D eigenvalue weighted by Crippen LogP contribution is -2.31. The van der Waals surface area contributed by atoms with Crippen LogP contribution in [0.25, 0.3) is 10.9 Å². The molecule has 0 radical (unpaired) electrons. The van der Waals surface area contributed by atoms with Crippen molar-refractivity contribution < 1.29 is 44.2 Å². The summed E-state index contributed by atoms with van der Waals surface area (Å²) in [6, 6.07) is 7.60. The van der Waals surface area contributed by atoms with Crippen molar-refractivity contribution in [3.8, 4) is 17.2 Å². The highest BCUT2D eigenvalue weighted by atomic mass is 16.6. The first-order valence-corrected chi connectivity index (χ1v) is 11.5. The summed E-state index contributed by atoms with van der Waals surface area (Å²) in [7, 11) is 4.75. The number of nitrogens with one attached hydrogen (secondary N) is 1. The van der Waals surface area contributed by atoms with E-state index in [2.05, 4.69) is 20.0 Å². The summed E-state index contributed by atoms with van der Waals surface area (Å²) in [4.78, 5) is 18.8. The quantitative estimate of drug-likeness (QED) is 0.198. The molecule has 9 N–H and O–H groups in total. The summed E-state index contributed by atoms with van der Waals surface area (Å²) in [5.41, 5.74) is 15.4. The predicted octanol–water partition coefficient (Wildman–Crippen LogP) is 1.33. The van der Waals surface area contributed by atoms with Crippen LogP contribution in [0.15, 0.2) is 35.8 Å². The van der Waals surface area contributed by atoms with E-state index >= 15 is 0 Å². The lowest BCUT2D eigenvalue weighted by atomic mass is 10.0. The average Bonchev–Trinajstić information content (AvgIpc) is 3.18. The molecule has 0 fully saturated rings. The number of nitrogens with two attached hydrogens (primary N) is 2. The zero-order valence-corrected chi connectivity index (χ0v) is 21.8. The van der Waals surface area contributed by atoms with Crippen molar-refractivity contribution in [3.05, 3.63) is 46.9 Å². The van der Waals surface area contributed by atoms with E-state index in [1.54, 1.807) is 21.3 Å². The molecule has 210 valence electrons. The van der Waals surface area contributed by atoms with Gasteiger partial charge in [-0.2, -0.15) is 4.98 Å². The standard InChI is InChI=1S/C19H23N5O3.C6H8O6/c1-10-11(5-6-13-16(10)18(20)24-19(21)23-13)9-22-12-7-14(25-2)17(27-4)15(8-12)26-3;7-1-2(8)5-3(9)4(10)6(11)12-5/h5-8,22H,9H2,1-4H3,(H4,20,21,23,24);2,5,7-10H,1H2/t;2-,5?/m.1/s1. The number of carbonyl (C=O) groups is 1. The number of ether oxygens (including phenoxy) is 4. The Kier molecular flexibility index (Phi) is 9.06. The molecule has 0 aliphatic carbocycles. The fraction of sp³-hybridized carbons (Fsp3) is 0.320. The third kappa shape index (κ3) is 6.08. The summed E-state index contributed by atoms with van der Waals surface area (Å²) in [6.45, 7) is 1.89. The molecule has 0 saturated carbocycles. The van der Waals surface area contributed by atoms with Gasteiger partial charge in [0.25, 0.3) is 0 Å². The fourth-order valence-corrected chi connectivity index (χ4v) is 3.88. The van der Waals surface area contributed by atoms with E-state index < -0.39 is 36.3 Å². The minimum absolute atomic E-state index is 0.169. The number of aliphatic hydroxyl groups is 4. The molecule has 14 heteroatoms. The first kappa shape index (κ1) is 28.9. The number of methoxy groups -OCH3 is 3. The van der Waals surface area contributed by atoms with Gasteiger partial charge in [0.15, 0.2) is 23.4 Å². The molecule has 2 aromatic carbocycles. The van der Waals surface area contributed by atoms with E-state index in [9.17, 15) is 4.79 Å². The van der Waals surface area contributed by atoms with Gasteiger partial charge in [0, 0.05) is 29.8 Å². The summed E-state index contributed by atoms with van der Waals surface area (Å²) in [6.07, 6.45) is -2.78. The van der Waals surface area contributed by atoms with Crippen LogP contribution in [0.4, 0.5) is 17.5 Å². The molecule has 1 aromatic heterocycles. The van der Waals surface area contributed by atoms with Crippen LogP contribution in [-0.4, -0.2) is 76.5 Å². The van der Waals surface area contributed by atoms with Crippen molar-refractivity contribution in [2.75, 3.05) is 44.7 Å². The predicted molar refractivity (Wildman–Crippen MR) is 142 cm³/mol. The second-order valence-electron chi connectivity index (χ2n) is 8.29. The first-order valence-electron chi connectivity index (χ1n) is 11.5. The maximum atomic E-state index is 10.5. The van der Waals surface area contributed by atoms with Gasteiger partial charge in [0.2, 0.25) is 17.5 Å². The van der Waals surface area contributed by atoms with Crippen molar-refractivity contribution in [3.63, 3.8) is 0 Å². The number of cyclic esters (lactones) is 1. The van der Waals surface area contributed by atoms with Gasteiger partial charge in [-0.15, -0.1) is 0 Å². The highest BCUT2D eigenvalue weighted by Gasteiger charge is 2.38. The Morgan fingerprint density at radius 1 is 1.08 bits per heavy atom. The molecule has 1 aliphatic rings. The average molecular weight is 546 g/mol.